The van der Waals surface area contributed by atoms with Crippen LogP contribution in [-0.4, -0.2) is 43.4 Å². The zero-order chi connectivity index (χ0) is 27.9. The first-order chi connectivity index (χ1) is 18.6. The Morgan fingerprint density at radius 1 is 1.08 bits per heavy atom. The lowest BCUT2D eigenvalue weighted by molar-refractivity contribution is -0.150. The lowest BCUT2D eigenvalue weighted by atomic mass is 9.72. The van der Waals surface area contributed by atoms with Crippen LogP contribution in [-0.2, 0) is 48.7 Å². The molecule has 2 aromatic carbocycles. The van der Waals surface area contributed by atoms with Crippen LogP contribution >= 0.6 is 0 Å². The number of hydrogen-bond acceptors (Lipinski definition) is 5. The zero-order valence-electron chi connectivity index (χ0n) is 23.1. The summed E-state index contributed by atoms with van der Waals surface area (Å²) in [7, 11) is 3.00. The Balaban J connectivity index is 1.40. The summed E-state index contributed by atoms with van der Waals surface area (Å²) in [5, 5.41) is 2.93. The number of hydrogen-bond donors (Lipinski definition) is 1. The maximum Gasteiger partial charge on any atom is 0.305 e. The highest BCUT2D eigenvalue weighted by molar-refractivity contribution is 5.99. The third-order valence-corrected chi connectivity index (χ3v) is 8.68. The number of ether oxygens (including phenoxy) is 2. The number of carbonyl (C=O) groups excluding carboxylic acids is 3. The van der Waals surface area contributed by atoms with Crippen molar-refractivity contribution in [2.75, 3.05) is 26.1 Å². The van der Waals surface area contributed by atoms with E-state index in [1.165, 1.54) is 13.2 Å². The highest BCUT2D eigenvalue weighted by Crippen LogP contribution is 2.43. The average molecular weight is 537 g/mol. The fourth-order valence-electron chi connectivity index (χ4n) is 6.59. The molecule has 0 aromatic heterocycles. The molecule has 0 radical (unpaired) electrons. The molecule has 1 N–H and O–H groups in total. The van der Waals surface area contributed by atoms with Gasteiger partial charge in [0.15, 0.2) is 0 Å². The highest BCUT2D eigenvalue weighted by atomic mass is 19.1. The van der Waals surface area contributed by atoms with Crippen LogP contribution in [0.3, 0.4) is 0 Å². The minimum absolute atomic E-state index is 0.0789. The minimum Gasteiger partial charge on any atom is -0.469 e. The van der Waals surface area contributed by atoms with E-state index in [1.54, 1.807) is 12.0 Å². The molecule has 1 fully saturated rings. The largest absolute Gasteiger partial charge is 0.469 e. The molecular weight excluding hydrogens is 499 g/mol. The molecule has 3 aliphatic rings. The van der Waals surface area contributed by atoms with Gasteiger partial charge in [0.05, 0.1) is 13.7 Å². The standard InChI is InChI=1S/C31H37FN2O5/c1-31(2)9-7-21-15-23(16-25(32)27(21)31)33-29(36)28-24-6-5-18(17-38-3)11-20(24)8-10-34(28)30(37)22-12-19(13-22)14-26(35)39-4/h5-6,11,15-16,19,22,28H,7-10,12-14,17H2,1-4H3,(H,33,36)/t19-,22+,28?. The normalized spacial score (nSPS) is 22.9. The van der Waals surface area contributed by atoms with E-state index in [2.05, 4.69) is 5.32 Å². The van der Waals surface area contributed by atoms with Crippen molar-refractivity contribution in [1.82, 2.24) is 4.90 Å². The van der Waals surface area contributed by atoms with E-state index >= 15 is 4.39 Å². The van der Waals surface area contributed by atoms with E-state index in [-0.39, 0.29) is 40.9 Å². The maximum atomic E-state index is 15.2. The number of nitrogens with one attached hydrogen (secondary N) is 1. The highest BCUT2D eigenvalue weighted by Gasteiger charge is 2.43. The Morgan fingerprint density at radius 2 is 1.85 bits per heavy atom. The predicted molar refractivity (Wildman–Crippen MR) is 145 cm³/mol. The molecule has 5 rings (SSSR count). The fourth-order valence-corrected chi connectivity index (χ4v) is 6.59. The van der Waals surface area contributed by atoms with Gasteiger partial charge < -0.3 is 19.7 Å². The molecule has 1 unspecified atom stereocenters. The van der Waals surface area contributed by atoms with Crippen LogP contribution < -0.4 is 5.32 Å². The summed E-state index contributed by atoms with van der Waals surface area (Å²) in [6.07, 6.45) is 3.75. The van der Waals surface area contributed by atoms with Crippen LogP contribution in [0.1, 0.15) is 73.4 Å². The second kappa shape index (κ2) is 10.7. The van der Waals surface area contributed by atoms with Gasteiger partial charge in [-0.25, -0.2) is 4.39 Å². The molecular formula is C31H37FN2O5. The zero-order valence-corrected chi connectivity index (χ0v) is 23.1. The molecule has 8 heteroatoms. The van der Waals surface area contributed by atoms with E-state index in [0.717, 1.165) is 40.7 Å². The van der Waals surface area contributed by atoms with E-state index in [0.29, 0.717) is 44.5 Å². The summed E-state index contributed by atoms with van der Waals surface area (Å²) in [6, 6.07) is 8.29. The summed E-state index contributed by atoms with van der Waals surface area (Å²) in [4.78, 5) is 40.8. The SMILES string of the molecule is COCc1ccc2c(c1)CCN(C(=O)[C@H]1C[C@@H](CC(=O)OC)C1)C2C(=O)Nc1cc(F)c2c(c1)CCC2(C)C. The van der Waals surface area contributed by atoms with Gasteiger partial charge in [-0.15, -0.1) is 0 Å². The maximum absolute atomic E-state index is 15.2. The van der Waals surface area contributed by atoms with Crippen molar-refractivity contribution in [3.8, 4) is 0 Å². The Kier molecular flexibility index (Phi) is 7.51. The first kappa shape index (κ1) is 27.3. The van der Waals surface area contributed by atoms with Gasteiger partial charge in [0, 0.05) is 31.7 Å². The Hall–Kier alpha value is -3.26. The molecule has 39 heavy (non-hydrogen) atoms. The minimum atomic E-state index is -0.828. The first-order valence-electron chi connectivity index (χ1n) is 13.7. The van der Waals surface area contributed by atoms with Crippen molar-refractivity contribution in [3.63, 3.8) is 0 Å². The number of nitrogens with zero attached hydrogens (tertiary/aromatic N) is 1. The molecule has 208 valence electrons. The third kappa shape index (κ3) is 5.31. The van der Waals surface area contributed by atoms with Crippen LogP contribution in [0.5, 0.6) is 0 Å². The van der Waals surface area contributed by atoms with Gasteiger partial charge in [-0.05, 0) is 83.4 Å². The summed E-state index contributed by atoms with van der Waals surface area (Å²) >= 11 is 0. The van der Waals surface area contributed by atoms with Gasteiger partial charge in [-0.3, -0.25) is 14.4 Å². The lowest BCUT2D eigenvalue weighted by Gasteiger charge is -2.42. The van der Waals surface area contributed by atoms with E-state index < -0.39 is 6.04 Å². The molecule has 2 aliphatic carbocycles. The number of amides is 2. The number of rotatable bonds is 7. The summed E-state index contributed by atoms with van der Waals surface area (Å²) in [5.41, 5.74) is 4.60. The first-order valence-corrected chi connectivity index (χ1v) is 13.7. The Morgan fingerprint density at radius 3 is 2.56 bits per heavy atom. The van der Waals surface area contributed by atoms with Crippen molar-refractivity contribution in [2.45, 2.75) is 70.4 Å². The number of halogens is 1. The average Bonchev–Trinajstić information content (AvgIpc) is 3.19. The molecule has 2 amide bonds. The topological polar surface area (TPSA) is 84.9 Å². The predicted octanol–water partition coefficient (Wildman–Crippen LogP) is 4.85. The van der Waals surface area contributed by atoms with Gasteiger partial charge in [-0.2, -0.15) is 0 Å². The van der Waals surface area contributed by atoms with Gasteiger partial charge in [-0.1, -0.05) is 32.0 Å². The third-order valence-electron chi connectivity index (χ3n) is 8.68. The molecule has 0 bridgehead atoms. The van der Waals surface area contributed by atoms with Crippen LogP contribution in [0.15, 0.2) is 30.3 Å². The quantitative estimate of drug-likeness (QED) is 0.512. The molecule has 0 saturated heterocycles. The monoisotopic (exact) mass is 536 g/mol. The number of benzene rings is 2. The second-order valence-electron chi connectivity index (χ2n) is 11.8. The Labute approximate surface area is 229 Å². The lowest BCUT2D eigenvalue weighted by Crippen LogP contribution is -2.50. The molecule has 2 aromatic rings. The fraction of sp³-hybridized carbons (Fsp3) is 0.516. The molecule has 0 spiro atoms. The number of aryl methyl sites for hydroxylation is 1. The summed E-state index contributed by atoms with van der Waals surface area (Å²) < 4.78 is 25.2. The van der Waals surface area contributed by atoms with Gasteiger partial charge in [0.25, 0.3) is 5.91 Å². The van der Waals surface area contributed by atoms with E-state index in [1.807, 2.05) is 38.1 Å². The van der Waals surface area contributed by atoms with Crippen molar-refractivity contribution in [2.24, 2.45) is 11.8 Å². The molecule has 1 saturated carbocycles. The second-order valence-corrected chi connectivity index (χ2v) is 11.8. The molecule has 1 atom stereocenters. The van der Waals surface area contributed by atoms with E-state index in [4.69, 9.17) is 9.47 Å². The van der Waals surface area contributed by atoms with Gasteiger partial charge >= 0.3 is 5.97 Å². The molecule has 1 heterocycles. The smallest absolute Gasteiger partial charge is 0.305 e. The molecule has 7 nitrogen and oxygen atoms in total. The molecule has 1 aliphatic heterocycles. The van der Waals surface area contributed by atoms with E-state index in [9.17, 15) is 14.4 Å². The van der Waals surface area contributed by atoms with Crippen molar-refractivity contribution >= 4 is 23.5 Å². The van der Waals surface area contributed by atoms with Crippen LogP contribution in [0.4, 0.5) is 10.1 Å². The van der Waals surface area contributed by atoms with Crippen LogP contribution in [0, 0.1) is 17.7 Å². The number of esters is 1. The van der Waals surface area contributed by atoms with Gasteiger partial charge in [0.1, 0.15) is 11.9 Å². The number of methoxy groups -OCH3 is 2. The van der Waals surface area contributed by atoms with Crippen LogP contribution in [0.25, 0.3) is 0 Å². The Bertz CT molecular complexity index is 1300. The number of fused-ring (bicyclic) bond motifs is 2. The van der Waals surface area contributed by atoms with Crippen molar-refractivity contribution in [1.29, 1.82) is 0 Å². The van der Waals surface area contributed by atoms with Crippen LogP contribution in [0.2, 0.25) is 0 Å². The summed E-state index contributed by atoms with van der Waals surface area (Å²) in [6.45, 7) is 4.94. The van der Waals surface area contributed by atoms with Crippen molar-refractivity contribution in [3.05, 3.63) is 64.0 Å². The van der Waals surface area contributed by atoms with Gasteiger partial charge in [0.2, 0.25) is 5.91 Å². The van der Waals surface area contributed by atoms with Crippen molar-refractivity contribution < 1.29 is 28.2 Å². The summed E-state index contributed by atoms with van der Waals surface area (Å²) in [5.74, 6) is -1.13. The number of carbonyl (C=O) groups is 3. The number of anilines is 1.